The van der Waals surface area contributed by atoms with E-state index < -0.39 is 5.56 Å². The van der Waals surface area contributed by atoms with Crippen LogP contribution < -0.4 is 5.56 Å². The molecule has 1 aromatic heterocycles. The van der Waals surface area contributed by atoms with E-state index in [1.165, 1.54) is 16.7 Å². The molecule has 0 spiro atoms. The van der Waals surface area contributed by atoms with Crippen LogP contribution in [0.1, 0.15) is 51.1 Å². The van der Waals surface area contributed by atoms with Crippen molar-refractivity contribution in [2.75, 3.05) is 12.8 Å². The molecule has 0 saturated carbocycles. The van der Waals surface area contributed by atoms with Crippen molar-refractivity contribution in [2.45, 2.75) is 24.4 Å². The van der Waals surface area contributed by atoms with E-state index in [1.807, 2.05) is 18.2 Å². The molecular weight excluding hydrogens is 448 g/mol. The number of hydrogen-bond donors (Lipinski definition) is 1. The van der Waals surface area contributed by atoms with E-state index in [2.05, 4.69) is 21.8 Å². The van der Waals surface area contributed by atoms with Crippen molar-refractivity contribution in [3.8, 4) is 29.2 Å². The molecule has 0 saturated heterocycles. The van der Waals surface area contributed by atoms with Gasteiger partial charge in [-0.3, -0.25) is 19.3 Å². The second-order valence-electron chi connectivity index (χ2n) is 7.55. The largest absolute Gasteiger partial charge is 0.300 e. The maximum Gasteiger partial charge on any atom is 0.270 e. The molecular formula is C26H20N4O3S. The number of H-pyrrole nitrogens is 1. The molecule has 1 aliphatic rings. The van der Waals surface area contributed by atoms with E-state index in [1.54, 1.807) is 42.7 Å². The van der Waals surface area contributed by atoms with Crippen LogP contribution in [0.15, 0.2) is 58.5 Å². The number of aromatic nitrogens is 2. The minimum Gasteiger partial charge on any atom is -0.300 e. The van der Waals surface area contributed by atoms with Crippen LogP contribution in [-0.2, 0) is 0 Å². The van der Waals surface area contributed by atoms with E-state index in [0.29, 0.717) is 46.9 Å². The van der Waals surface area contributed by atoms with Gasteiger partial charge >= 0.3 is 0 Å². The first kappa shape index (κ1) is 23.0. The van der Waals surface area contributed by atoms with E-state index in [-0.39, 0.29) is 17.4 Å². The number of hydrogen-bond acceptors (Lipinski definition) is 6. The molecule has 34 heavy (non-hydrogen) atoms. The highest BCUT2D eigenvalue weighted by molar-refractivity contribution is 7.98. The lowest BCUT2D eigenvalue weighted by atomic mass is 10.1. The Labute approximate surface area is 200 Å². The zero-order valence-electron chi connectivity index (χ0n) is 18.4. The Hall–Kier alpha value is -4.14. The van der Waals surface area contributed by atoms with Crippen LogP contribution in [-0.4, -0.2) is 39.5 Å². The molecule has 1 aliphatic heterocycles. The van der Waals surface area contributed by atoms with Crippen molar-refractivity contribution in [2.24, 2.45) is 0 Å². The number of nitrogens with one attached hydrogen (secondary N) is 1. The summed E-state index contributed by atoms with van der Waals surface area (Å²) in [4.78, 5) is 45.1. The first-order valence-corrected chi connectivity index (χ1v) is 11.9. The average Bonchev–Trinajstić information content (AvgIpc) is 3.10. The molecule has 2 aromatic carbocycles. The monoisotopic (exact) mass is 468 g/mol. The molecule has 1 N–H and O–H groups in total. The maximum atomic E-state index is 12.4. The van der Waals surface area contributed by atoms with Gasteiger partial charge in [-0.1, -0.05) is 47.9 Å². The number of carbonyl (C=O) groups is 2. The fraction of sp³-hybridized carbons (Fsp3) is 0.192. The first-order valence-electron chi connectivity index (χ1n) is 10.7. The number of fused-ring (bicyclic) bond motifs is 1. The number of imide groups is 1. The molecule has 0 fully saturated rings. The molecule has 7 nitrogen and oxygen atoms in total. The smallest absolute Gasteiger partial charge is 0.270 e. The standard InChI is InChI=1S/C26H20N4O3S/c1-34-26-28-22(21(16-27)23(31)29-26)18-13-11-17(12-14-18)8-4-2-3-7-15-30-24(32)19-9-5-6-10-20(19)25(30)33/h5-6,9-14H,2-3,7,15H2,1H3,(H,28,29,31). The summed E-state index contributed by atoms with van der Waals surface area (Å²) in [7, 11) is 0. The van der Waals surface area contributed by atoms with Gasteiger partial charge in [0.2, 0.25) is 0 Å². The van der Waals surface area contributed by atoms with Crippen molar-refractivity contribution in [3.05, 3.63) is 81.1 Å². The van der Waals surface area contributed by atoms with Crippen molar-refractivity contribution in [3.63, 3.8) is 0 Å². The predicted molar refractivity (Wildman–Crippen MR) is 129 cm³/mol. The highest BCUT2D eigenvalue weighted by Crippen LogP contribution is 2.23. The summed E-state index contributed by atoms with van der Waals surface area (Å²) in [6, 6.07) is 16.0. The van der Waals surface area contributed by atoms with Gasteiger partial charge in [0.25, 0.3) is 17.4 Å². The molecule has 2 heterocycles. The number of benzene rings is 2. The number of nitriles is 1. The zero-order valence-corrected chi connectivity index (χ0v) is 19.2. The summed E-state index contributed by atoms with van der Waals surface area (Å²) >= 11 is 1.30. The van der Waals surface area contributed by atoms with Crippen LogP contribution in [0, 0.1) is 23.2 Å². The molecule has 2 amide bonds. The summed E-state index contributed by atoms with van der Waals surface area (Å²) in [6.07, 6.45) is 3.88. The third-order valence-electron chi connectivity index (χ3n) is 5.41. The van der Waals surface area contributed by atoms with Gasteiger partial charge < -0.3 is 4.98 Å². The summed E-state index contributed by atoms with van der Waals surface area (Å²) in [5, 5.41) is 9.78. The summed E-state index contributed by atoms with van der Waals surface area (Å²) in [6.45, 7) is 0.380. The Kier molecular flexibility index (Phi) is 6.91. The van der Waals surface area contributed by atoms with E-state index in [0.717, 1.165) is 12.0 Å². The second kappa shape index (κ2) is 10.2. The fourth-order valence-corrected chi connectivity index (χ4v) is 4.04. The number of nitrogens with zero attached hydrogens (tertiary/aromatic N) is 3. The Morgan fingerprint density at radius 3 is 2.29 bits per heavy atom. The van der Waals surface area contributed by atoms with Crippen LogP contribution in [0.2, 0.25) is 0 Å². The molecule has 0 unspecified atom stereocenters. The van der Waals surface area contributed by atoms with Gasteiger partial charge in [-0.15, -0.1) is 0 Å². The predicted octanol–water partition coefficient (Wildman–Crippen LogP) is 3.85. The van der Waals surface area contributed by atoms with Gasteiger partial charge in [0.05, 0.1) is 16.8 Å². The zero-order chi connectivity index (χ0) is 24.1. The number of unbranched alkanes of at least 4 members (excludes halogenated alkanes) is 2. The Morgan fingerprint density at radius 1 is 1.00 bits per heavy atom. The SMILES string of the molecule is CSc1nc(-c2ccc(C#CCCCCN3C(=O)c4ccccc4C3=O)cc2)c(C#N)c(=O)[nH]1. The number of aromatic amines is 1. The topological polar surface area (TPSA) is 107 Å². The number of amides is 2. The lowest BCUT2D eigenvalue weighted by Crippen LogP contribution is -2.30. The molecule has 8 heteroatoms. The Balaban J connectivity index is 1.33. The third kappa shape index (κ3) is 4.63. The molecule has 4 rings (SSSR count). The van der Waals surface area contributed by atoms with E-state index >= 15 is 0 Å². The summed E-state index contributed by atoms with van der Waals surface area (Å²) in [5.41, 5.74) is 2.29. The highest BCUT2D eigenvalue weighted by Gasteiger charge is 2.34. The lowest BCUT2D eigenvalue weighted by molar-refractivity contribution is 0.0652. The number of rotatable bonds is 6. The van der Waals surface area contributed by atoms with E-state index in [9.17, 15) is 19.6 Å². The molecule has 3 aromatic rings. The van der Waals surface area contributed by atoms with Gasteiger partial charge in [-0.25, -0.2) is 4.98 Å². The highest BCUT2D eigenvalue weighted by atomic mass is 32.2. The summed E-state index contributed by atoms with van der Waals surface area (Å²) < 4.78 is 0. The maximum absolute atomic E-state index is 12.4. The minimum absolute atomic E-state index is 0.0188. The van der Waals surface area contributed by atoms with Gasteiger partial charge in [-0.2, -0.15) is 5.26 Å². The normalized spacial score (nSPS) is 12.2. The molecule has 0 aliphatic carbocycles. The van der Waals surface area contributed by atoms with Gasteiger partial charge in [0, 0.05) is 24.1 Å². The van der Waals surface area contributed by atoms with Gasteiger partial charge in [-0.05, 0) is 43.4 Å². The number of thioether (sulfide) groups is 1. The van der Waals surface area contributed by atoms with Crippen molar-refractivity contribution < 1.29 is 9.59 Å². The Bertz CT molecular complexity index is 1390. The second-order valence-corrected chi connectivity index (χ2v) is 8.35. The third-order valence-corrected chi connectivity index (χ3v) is 5.99. The van der Waals surface area contributed by atoms with Crippen LogP contribution in [0.25, 0.3) is 11.3 Å². The Morgan fingerprint density at radius 2 is 1.68 bits per heavy atom. The minimum atomic E-state index is -0.457. The molecule has 0 bridgehead atoms. The lowest BCUT2D eigenvalue weighted by Gasteiger charge is -2.12. The first-order chi connectivity index (χ1) is 16.5. The van der Waals surface area contributed by atoms with Gasteiger partial charge in [0.1, 0.15) is 11.6 Å². The van der Waals surface area contributed by atoms with Gasteiger partial charge in [0.15, 0.2) is 5.16 Å². The van der Waals surface area contributed by atoms with Crippen molar-refractivity contribution in [1.29, 1.82) is 5.26 Å². The molecule has 168 valence electrons. The van der Waals surface area contributed by atoms with Crippen LogP contribution >= 0.6 is 11.8 Å². The van der Waals surface area contributed by atoms with Crippen molar-refractivity contribution in [1.82, 2.24) is 14.9 Å². The van der Waals surface area contributed by atoms with Crippen LogP contribution in [0.3, 0.4) is 0 Å². The average molecular weight is 469 g/mol. The van der Waals surface area contributed by atoms with Crippen LogP contribution in [0.5, 0.6) is 0 Å². The van der Waals surface area contributed by atoms with E-state index in [4.69, 9.17) is 0 Å². The molecule has 0 radical (unpaired) electrons. The molecule has 0 atom stereocenters. The van der Waals surface area contributed by atoms with Crippen LogP contribution in [0.4, 0.5) is 0 Å². The summed E-state index contributed by atoms with van der Waals surface area (Å²) in [5.74, 6) is 5.74. The fourth-order valence-electron chi connectivity index (χ4n) is 3.66. The van der Waals surface area contributed by atoms with Crippen molar-refractivity contribution >= 4 is 23.6 Å². The quantitative estimate of drug-likeness (QED) is 0.194. The number of carbonyl (C=O) groups excluding carboxylic acids is 2.